The number of likely N-dealkylation sites (N-methyl/N-ethyl adjacent to an activating group) is 1. The Morgan fingerprint density at radius 1 is 1.09 bits per heavy atom. The number of esters is 2. The first kappa shape index (κ1) is 21.0. The van der Waals surface area contributed by atoms with E-state index in [4.69, 9.17) is 10.5 Å². The molecule has 2 N–H and O–H groups in total. The minimum absolute atomic E-state index is 0.00850. The van der Waals surface area contributed by atoms with Crippen LogP contribution < -0.4 is 5.73 Å². The van der Waals surface area contributed by atoms with Crippen molar-refractivity contribution in [2.45, 2.75) is 65.6 Å². The molecule has 8 nitrogen and oxygen atoms in total. The van der Waals surface area contributed by atoms with E-state index in [9.17, 15) is 19.2 Å². The minimum atomic E-state index is -1.54. The molecule has 0 heterocycles. The van der Waals surface area contributed by atoms with Crippen molar-refractivity contribution < 1.29 is 28.7 Å². The van der Waals surface area contributed by atoms with Crippen molar-refractivity contribution in [3.8, 4) is 0 Å². The third-order valence-corrected chi connectivity index (χ3v) is 2.73. The predicted molar refractivity (Wildman–Crippen MR) is 82.4 cm³/mol. The van der Waals surface area contributed by atoms with Crippen LogP contribution in [0.1, 0.15) is 48.0 Å². The molecule has 0 aliphatic rings. The minimum Gasteiger partial charge on any atom is -0.444 e. The number of ketones is 1. The molecule has 1 amide bonds. The molecule has 0 fully saturated rings. The number of carbonyl (C=O) groups is 4. The maximum Gasteiger partial charge on any atom is 0.411 e. The lowest BCUT2D eigenvalue weighted by Gasteiger charge is -2.30. The molecular weight excluding hydrogens is 304 g/mol. The van der Waals surface area contributed by atoms with Gasteiger partial charge >= 0.3 is 18.0 Å². The van der Waals surface area contributed by atoms with Crippen LogP contribution >= 0.6 is 0 Å². The van der Waals surface area contributed by atoms with Crippen molar-refractivity contribution >= 4 is 23.8 Å². The first-order valence-corrected chi connectivity index (χ1v) is 7.48. The van der Waals surface area contributed by atoms with Gasteiger partial charge in [-0.2, -0.15) is 0 Å². The Labute approximate surface area is 136 Å². The second-order valence-electron chi connectivity index (χ2n) is 6.02. The Kier molecular flexibility index (Phi) is 7.88. The monoisotopic (exact) mass is 330 g/mol. The highest BCUT2D eigenvalue weighted by Crippen LogP contribution is 2.14. The number of amides is 1. The Bertz CT molecular complexity index is 467. The van der Waals surface area contributed by atoms with Gasteiger partial charge in [-0.05, 0) is 34.6 Å². The van der Waals surface area contributed by atoms with Gasteiger partial charge in [-0.3, -0.25) is 9.69 Å². The van der Waals surface area contributed by atoms with Gasteiger partial charge in [-0.1, -0.05) is 6.92 Å². The van der Waals surface area contributed by atoms with Gasteiger partial charge in [0.15, 0.2) is 11.8 Å². The average molecular weight is 330 g/mol. The summed E-state index contributed by atoms with van der Waals surface area (Å²) >= 11 is 0. The summed E-state index contributed by atoms with van der Waals surface area (Å²) in [5.41, 5.74) is 4.53. The fraction of sp³-hybridized carbons (Fsp3) is 0.733. The Morgan fingerprint density at radius 3 is 1.96 bits per heavy atom. The molecule has 0 unspecified atom stereocenters. The van der Waals surface area contributed by atoms with Crippen molar-refractivity contribution in [2.75, 3.05) is 6.54 Å². The average Bonchev–Trinajstić information content (AvgIpc) is 2.41. The molecule has 0 saturated carbocycles. The van der Waals surface area contributed by atoms with E-state index >= 15 is 0 Å². The van der Waals surface area contributed by atoms with E-state index in [1.165, 1.54) is 6.92 Å². The molecule has 0 aliphatic heterocycles. The standard InChI is InChI=1S/C15H26N2O6/c1-7-10(18)11(13(20)22-12(19)9(3)16)17(8-2)14(21)23-15(4,5)6/h9,11H,7-8,16H2,1-6H3/t9-,11-/m0/s1. The molecule has 0 saturated heterocycles. The van der Waals surface area contributed by atoms with Crippen molar-refractivity contribution in [3.63, 3.8) is 0 Å². The first-order chi connectivity index (χ1) is 10.4. The molecule has 0 bridgehead atoms. The molecule has 0 aromatic rings. The summed E-state index contributed by atoms with van der Waals surface area (Å²) in [6.07, 6.45) is -0.845. The van der Waals surface area contributed by atoms with Crippen LogP contribution in [-0.2, 0) is 23.9 Å². The van der Waals surface area contributed by atoms with Crippen LogP contribution in [0.25, 0.3) is 0 Å². The molecule has 132 valence electrons. The Balaban J connectivity index is 5.42. The summed E-state index contributed by atoms with van der Waals surface area (Å²) < 4.78 is 9.77. The summed E-state index contributed by atoms with van der Waals surface area (Å²) in [7, 11) is 0. The van der Waals surface area contributed by atoms with Gasteiger partial charge in [0.2, 0.25) is 0 Å². The fourth-order valence-electron chi connectivity index (χ4n) is 1.61. The quantitative estimate of drug-likeness (QED) is 0.570. The van der Waals surface area contributed by atoms with Crippen LogP contribution in [0, 0.1) is 0 Å². The molecule has 0 aromatic heterocycles. The van der Waals surface area contributed by atoms with Crippen LogP contribution in [0.4, 0.5) is 4.79 Å². The maximum absolute atomic E-state index is 12.2. The number of rotatable bonds is 6. The van der Waals surface area contributed by atoms with Crippen molar-refractivity contribution in [2.24, 2.45) is 5.73 Å². The van der Waals surface area contributed by atoms with Crippen LogP contribution in [0.5, 0.6) is 0 Å². The van der Waals surface area contributed by atoms with Gasteiger partial charge in [0.1, 0.15) is 11.6 Å². The zero-order valence-electron chi connectivity index (χ0n) is 14.5. The second-order valence-corrected chi connectivity index (χ2v) is 6.02. The van der Waals surface area contributed by atoms with E-state index < -0.39 is 41.5 Å². The number of nitrogens with two attached hydrogens (primary N) is 1. The zero-order valence-corrected chi connectivity index (χ0v) is 14.5. The highest BCUT2D eigenvalue weighted by molar-refractivity contribution is 6.07. The van der Waals surface area contributed by atoms with Crippen LogP contribution in [0.2, 0.25) is 0 Å². The topological polar surface area (TPSA) is 116 Å². The van der Waals surface area contributed by atoms with Crippen LogP contribution in [0.15, 0.2) is 0 Å². The number of hydrogen-bond donors (Lipinski definition) is 1. The zero-order chi connectivity index (χ0) is 18.4. The Hall–Kier alpha value is -1.96. The number of carbonyl (C=O) groups excluding carboxylic acids is 4. The molecule has 0 spiro atoms. The molecule has 8 heteroatoms. The molecule has 23 heavy (non-hydrogen) atoms. The predicted octanol–water partition coefficient (Wildman–Crippen LogP) is 1.01. The molecule has 0 aliphatic carbocycles. The lowest BCUT2D eigenvalue weighted by molar-refractivity contribution is -0.165. The van der Waals surface area contributed by atoms with Crippen molar-refractivity contribution in [1.29, 1.82) is 0 Å². The van der Waals surface area contributed by atoms with Crippen LogP contribution in [0.3, 0.4) is 0 Å². The Morgan fingerprint density at radius 2 is 1.61 bits per heavy atom. The van der Waals surface area contributed by atoms with Gasteiger partial charge in [-0.15, -0.1) is 0 Å². The lowest BCUT2D eigenvalue weighted by Crippen LogP contribution is -2.52. The molecular formula is C15H26N2O6. The van der Waals surface area contributed by atoms with Crippen LogP contribution in [-0.4, -0.2) is 52.9 Å². The maximum atomic E-state index is 12.2. The highest BCUT2D eigenvalue weighted by Gasteiger charge is 2.38. The van der Waals surface area contributed by atoms with E-state index in [0.29, 0.717) is 0 Å². The van der Waals surface area contributed by atoms with Gasteiger partial charge in [-0.25, -0.2) is 14.4 Å². The summed E-state index contributed by atoms with van der Waals surface area (Å²) in [5.74, 6) is -2.66. The van der Waals surface area contributed by atoms with Gasteiger partial charge in [0, 0.05) is 13.0 Å². The summed E-state index contributed by atoms with van der Waals surface area (Å²) in [6.45, 7) is 9.48. The normalized spacial score (nSPS) is 13.7. The largest absolute Gasteiger partial charge is 0.444 e. The molecule has 0 radical (unpaired) electrons. The first-order valence-electron chi connectivity index (χ1n) is 7.48. The van der Waals surface area contributed by atoms with E-state index in [2.05, 4.69) is 4.74 Å². The summed E-state index contributed by atoms with van der Waals surface area (Å²) in [5, 5.41) is 0. The summed E-state index contributed by atoms with van der Waals surface area (Å²) in [6, 6.07) is -2.56. The van der Waals surface area contributed by atoms with E-state index in [0.717, 1.165) is 4.90 Å². The third-order valence-electron chi connectivity index (χ3n) is 2.73. The number of hydrogen-bond acceptors (Lipinski definition) is 7. The second kappa shape index (κ2) is 8.61. The molecule has 0 rings (SSSR count). The SMILES string of the molecule is CCC(=O)[C@@H](C(=O)OC(=O)[C@H](C)N)N(CC)C(=O)OC(C)(C)C. The third kappa shape index (κ3) is 6.77. The summed E-state index contributed by atoms with van der Waals surface area (Å²) in [4.78, 5) is 48.9. The number of Topliss-reactive ketones (excluding diaryl/α,β-unsaturated/α-hetero) is 1. The highest BCUT2D eigenvalue weighted by atomic mass is 16.6. The van der Waals surface area contributed by atoms with E-state index in [1.54, 1.807) is 34.6 Å². The van der Waals surface area contributed by atoms with Gasteiger partial charge < -0.3 is 15.2 Å². The van der Waals surface area contributed by atoms with E-state index in [1.807, 2.05) is 0 Å². The van der Waals surface area contributed by atoms with Gasteiger partial charge in [0.05, 0.1) is 0 Å². The van der Waals surface area contributed by atoms with E-state index in [-0.39, 0.29) is 13.0 Å². The number of nitrogens with zero attached hydrogens (tertiary/aromatic N) is 1. The van der Waals surface area contributed by atoms with Crippen molar-refractivity contribution in [1.82, 2.24) is 4.90 Å². The molecule has 2 atom stereocenters. The smallest absolute Gasteiger partial charge is 0.411 e. The van der Waals surface area contributed by atoms with Crippen molar-refractivity contribution in [3.05, 3.63) is 0 Å². The lowest BCUT2D eigenvalue weighted by atomic mass is 10.1. The fourth-order valence-corrected chi connectivity index (χ4v) is 1.61. The van der Waals surface area contributed by atoms with Gasteiger partial charge in [0.25, 0.3) is 0 Å². The number of ether oxygens (including phenoxy) is 2. The molecule has 0 aromatic carbocycles.